The van der Waals surface area contributed by atoms with Crippen molar-refractivity contribution >= 4 is 45.5 Å². The lowest BCUT2D eigenvalue weighted by atomic mass is 10.1. The van der Waals surface area contributed by atoms with Crippen LogP contribution in [0.2, 0.25) is 10.0 Å². The number of aromatic nitrogens is 1. The number of nitrogens with zero attached hydrogens (tertiary/aromatic N) is 3. The van der Waals surface area contributed by atoms with Gasteiger partial charge in [-0.25, -0.2) is 0 Å². The molecular weight excluding hydrogens is 489 g/mol. The topological polar surface area (TPSA) is 91.7 Å². The Labute approximate surface area is 214 Å². The van der Waals surface area contributed by atoms with Crippen molar-refractivity contribution in [1.82, 2.24) is 15.2 Å². The maximum absolute atomic E-state index is 9.74. The Bertz CT molecular complexity index is 1260. The van der Waals surface area contributed by atoms with E-state index in [9.17, 15) is 5.26 Å². The molecule has 0 spiro atoms. The van der Waals surface area contributed by atoms with E-state index in [4.69, 9.17) is 37.4 Å². The summed E-state index contributed by atoms with van der Waals surface area (Å²) in [5.74, 6) is 1.61. The van der Waals surface area contributed by atoms with Crippen LogP contribution in [-0.2, 0) is 0 Å². The summed E-state index contributed by atoms with van der Waals surface area (Å²) in [4.78, 5) is 6.82. The summed E-state index contributed by atoms with van der Waals surface area (Å²) in [7, 11) is 5.25. The van der Waals surface area contributed by atoms with Gasteiger partial charge >= 0.3 is 0 Å². The van der Waals surface area contributed by atoms with Crippen molar-refractivity contribution in [2.75, 3.05) is 52.8 Å². The van der Waals surface area contributed by atoms with Crippen molar-refractivity contribution in [1.29, 1.82) is 5.26 Å². The quantitative estimate of drug-likeness (QED) is 0.439. The van der Waals surface area contributed by atoms with Crippen molar-refractivity contribution < 1.29 is 14.2 Å². The highest BCUT2D eigenvalue weighted by atomic mass is 35.5. The summed E-state index contributed by atoms with van der Waals surface area (Å²) < 4.78 is 17.0. The number of hydrogen-bond acceptors (Lipinski definition) is 8. The van der Waals surface area contributed by atoms with Gasteiger partial charge in [-0.1, -0.05) is 23.2 Å². The summed E-state index contributed by atoms with van der Waals surface area (Å²) in [5, 5.41) is 17.9. The van der Waals surface area contributed by atoms with Crippen LogP contribution in [0.3, 0.4) is 0 Å². The first-order valence-electron chi connectivity index (χ1n) is 11.2. The second kappa shape index (κ2) is 11.2. The number of piperazine rings is 1. The van der Waals surface area contributed by atoms with Crippen LogP contribution in [0.5, 0.6) is 17.2 Å². The molecule has 1 saturated heterocycles. The molecule has 1 aromatic heterocycles. The molecule has 0 saturated carbocycles. The lowest BCUT2D eigenvalue weighted by molar-refractivity contribution is 0.163. The molecule has 0 amide bonds. The lowest BCUT2D eigenvalue weighted by Gasteiger charge is -2.33. The van der Waals surface area contributed by atoms with E-state index in [-0.39, 0.29) is 0 Å². The first kappa shape index (κ1) is 25.1. The highest BCUT2D eigenvalue weighted by molar-refractivity contribution is 6.37. The number of rotatable bonds is 8. The number of nitrogens with one attached hydrogen (secondary N) is 2. The summed E-state index contributed by atoms with van der Waals surface area (Å²) in [6.07, 6.45) is 2.40. The maximum atomic E-state index is 9.74. The zero-order valence-electron chi connectivity index (χ0n) is 19.8. The minimum atomic E-state index is 0.353. The van der Waals surface area contributed by atoms with Crippen LogP contribution < -0.4 is 24.8 Å². The predicted molar refractivity (Wildman–Crippen MR) is 139 cm³/mol. The van der Waals surface area contributed by atoms with Crippen molar-refractivity contribution in [3.63, 3.8) is 0 Å². The Morgan fingerprint density at radius 3 is 2.66 bits per heavy atom. The van der Waals surface area contributed by atoms with Crippen LogP contribution in [0, 0.1) is 11.3 Å². The normalized spacial score (nSPS) is 16.1. The molecule has 2 N–H and O–H groups in total. The molecule has 35 heavy (non-hydrogen) atoms. The summed E-state index contributed by atoms with van der Waals surface area (Å²) in [6.45, 7) is 3.52. The molecule has 0 radical (unpaired) electrons. The third-order valence-electron chi connectivity index (χ3n) is 6.13. The van der Waals surface area contributed by atoms with Crippen LogP contribution in [0.4, 0.5) is 11.4 Å². The minimum Gasteiger partial charge on any atom is -0.495 e. The van der Waals surface area contributed by atoms with Gasteiger partial charge in [0.2, 0.25) is 0 Å². The van der Waals surface area contributed by atoms with Gasteiger partial charge in [0, 0.05) is 49.4 Å². The number of likely N-dealkylation sites (N-methyl/N-ethyl adjacent to an activating group) is 1. The number of hydrogen-bond donors (Lipinski definition) is 2. The van der Waals surface area contributed by atoms with Crippen LogP contribution in [0.25, 0.3) is 10.9 Å². The molecule has 2 aromatic carbocycles. The average molecular weight is 516 g/mol. The average Bonchev–Trinajstić information content (AvgIpc) is 2.86. The summed E-state index contributed by atoms with van der Waals surface area (Å²) >= 11 is 12.6. The highest BCUT2D eigenvalue weighted by Crippen LogP contribution is 2.40. The Hall–Kier alpha value is -2.96. The third-order valence-corrected chi connectivity index (χ3v) is 6.74. The van der Waals surface area contributed by atoms with Crippen molar-refractivity contribution in [3.05, 3.63) is 46.1 Å². The third kappa shape index (κ3) is 5.49. The van der Waals surface area contributed by atoms with E-state index >= 15 is 0 Å². The second-order valence-corrected chi connectivity index (χ2v) is 9.06. The molecule has 0 bridgehead atoms. The van der Waals surface area contributed by atoms with E-state index in [0.29, 0.717) is 67.8 Å². The number of benzene rings is 2. The fraction of sp³-hybridized carbons (Fsp3) is 0.360. The zero-order chi connectivity index (χ0) is 24.9. The van der Waals surface area contributed by atoms with E-state index in [1.807, 2.05) is 12.1 Å². The van der Waals surface area contributed by atoms with E-state index in [2.05, 4.69) is 33.6 Å². The second-order valence-electron chi connectivity index (χ2n) is 8.25. The van der Waals surface area contributed by atoms with Gasteiger partial charge in [0.05, 0.1) is 53.3 Å². The molecule has 4 rings (SSSR count). The molecule has 0 aliphatic carbocycles. The Morgan fingerprint density at radius 2 is 1.94 bits per heavy atom. The zero-order valence-corrected chi connectivity index (χ0v) is 21.3. The fourth-order valence-electron chi connectivity index (χ4n) is 4.10. The number of methoxy groups -OCH3 is 2. The van der Waals surface area contributed by atoms with Crippen molar-refractivity contribution in [3.8, 4) is 23.3 Å². The molecule has 184 valence electrons. The monoisotopic (exact) mass is 515 g/mol. The Kier molecular flexibility index (Phi) is 8.04. The van der Waals surface area contributed by atoms with Gasteiger partial charge in [0.25, 0.3) is 0 Å². The largest absolute Gasteiger partial charge is 0.495 e. The molecule has 1 aliphatic heterocycles. The van der Waals surface area contributed by atoms with Crippen LogP contribution in [0.1, 0.15) is 12.0 Å². The summed E-state index contributed by atoms with van der Waals surface area (Å²) in [6, 6.07) is 9.52. The van der Waals surface area contributed by atoms with E-state index in [1.165, 1.54) is 13.3 Å². The van der Waals surface area contributed by atoms with Gasteiger partial charge in [-0.05, 0) is 25.6 Å². The molecule has 10 heteroatoms. The minimum absolute atomic E-state index is 0.353. The van der Waals surface area contributed by atoms with E-state index < -0.39 is 0 Å². The first-order valence-corrected chi connectivity index (χ1v) is 12.0. The molecule has 2 heterocycles. The molecule has 1 atom stereocenters. The fourth-order valence-corrected chi connectivity index (χ4v) is 4.61. The SMILES string of the molecule is COc1cc(Nc2c(C#N)cnc3cc(OCCC4CNCCN4C)c(OC)cc23)c(Cl)cc1Cl. The van der Waals surface area contributed by atoms with Gasteiger partial charge in [-0.15, -0.1) is 0 Å². The molecule has 3 aromatic rings. The molecule has 1 fully saturated rings. The van der Waals surface area contributed by atoms with Gasteiger partial charge in [-0.3, -0.25) is 4.98 Å². The van der Waals surface area contributed by atoms with Gasteiger partial charge in [0.1, 0.15) is 11.8 Å². The number of anilines is 2. The van der Waals surface area contributed by atoms with Crippen LogP contribution in [-0.4, -0.2) is 63.4 Å². The smallest absolute Gasteiger partial charge is 0.163 e. The lowest BCUT2D eigenvalue weighted by Crippen LogP contribution is -2.49. The van der Waals surface area contributed by atoms with Crippen LogP contribution >= 0.6 is 23.2 Å². The number of ether oxygens (including phenoxy) is 3. The van der Waals surface area contributed by atoms with Crippen LogP contribution in [0.15, 0.2) is 30.5 Å². The summed E-state index contributed by atoms with van der Waals surface area (Å²) in [5.41, 5.74) is 2.09. The molecule has 1 aliphatic rings. The first-order chi connectivity index (χ1) is 16.9. The van der Waals surface area contributed by atoms with Crippen molar-refractivity contribution in [2.45, 2.75) is 12.5 Å². The van der Waals surface area contributed by atoms with Crippen molar-refractivity contribution in [2.24, 2.45) is 0 Å². The Balaban J connectivity index is 1.65. The van der Waals surface area contributed by atoms with Gasteiger partial charge < -0.3 is 29.7 Å². The van der Waals surface area contributed by atoms with Gasteiger partial charge in [0.15, 0.2) is 11.5 Å². The number of pyridine rings is 1. The number of nitriles is 1. The number of halogens is 2. The molecule has 8 nitrogen and oxygen atoms in total. The van der Waals surface area contributed by atoms with Gasteiger partial charge in [-0.2, -0.15) is 5.26 Å². The van der Waals surface area contributed by atoms with E-state index in [1.54, 1.807) is 19.2 Å². The molecular formula is C25H27Cl2N5O3. The predicted octanol–water partition coefficient (Wildman–Crippen LogP) is 4.85. The maximum Gasteiger partial charge on any atom is 0.163 e. The highest BCUT2D eigenvalue weighted by Gasteiger charge is 2.20. The standard InChI is InChI=1S/C25H27Cl2N5O3/c1-32-6-5-29-14-16(32)4-7-35-24-10-20-17(8-23(24)34-3)25(15(12-28)13-30-20)31-21-11-22(33-2)19(27)9-18(21)26/h8-11,13,16,29H,4-7,14H2,1-3H3,(H,30,31). The van der Waals surface area contributed by atoms with E-state index in [0.717, 1.165) is 26.1 Å². The Morgan fingerprint density at radius 1 is 1.14 bits per heavy atom. The molecule has 1 unspecified atom stereocenters. The number of fused-ring (bicyclic) bond motifs is 1.